The van der Waals surface area contributed by atoms with Gasteiger partial charge in [0.25, 0.3) is 0 Å². The van der Waals surface area contributed by atoms with Crippen LogP contribution in [0.4, 0.5) is 0 Å². The number of ether oxygens (including phenoxy) is 1. The smallest absolute Gasteiger partial charge is 0.303 e. The van der Waals surface area contributed by atoms with Crippen molar-refractivity contribution in [1.82, 2.24) is 0 Å². The third-order valence-corrected chi connectivity index (χ3v) is 2.44. The van der Waals surface area contributed by atoms with Crippen LogP contribution in [0.3, 0.4) is 0 Å². The van der Waals surface area contributed by atoms with Gasteiger partial charge in [0.05, 0.1) is 12.7 Å². The zero-order valence-corrected chi connectivity index (χ0v) is 9.93. The van der Waals surface area contributed by atoms with E-state index in [9.17, 15) is 9.90 Å². The van der Waals surface area contributed by atoms with E-state index in [1.54, 1.807) is 24.3 Å². The Kier molecular flexibility index (Phi) is 5.49. The summed E-state index contributed by atoms with van der Waals surface area (Å²) >= 11 is 0. The number of aliphatic carboxylic acids is 1. The molecule has 4 heteroatoms. The van der Waals surface area contributed by atoms with Gasteiger partial charge in [0.15, 0.2) is 0 Å². The minimum atomic E-state index is -0.830. The summed E-state index contributed by atoms with van der Waals surface area (Å²) < 4.78 is 5.29. The lowest BCUT2D eigenvalue weighted by atomic mass is 10.0. The Morgan fingerprint density at radius 1 is 1.35 bits per heavy atom. The van der Waals surface area contributed by atoms with Gasteiger partial charge in [-0.2, -0.15) is 0 Å². The first-order chi connectivity index (χ1) is 8.13. The van der Waals surface area contributed by atoms with Gasteiger partial charge in [-0.1, -0.05) is 12.1 Å². The van der Waals surface area contributed by atoms with E-state index in [0.29, 0.717) is 19.4 Å². The van der Waals surface area contributed by atoms with Gasteiger partial charge in [0.2, 0.25) is 0 Å². The number of carboxylic acid groups (broad SMARTS) is 1. The maximum absolute atomic E-state index is 10.3. The van der Waals surface area contributed by atoms with Crippen LogP contribution in [0.25, 0.3) is 0 Å². The zero-order valence-electron chi connectivity index (χ0n) is 9.93. The Balaban J connectivity index is 2.45. The number of hydrogen-bond acceptors (Lipinski definition) is 3. The fraction of sp³-hybridized carbons (Fsp3) is 0.462. The van der Waals surface area contributed by atoms with Crippen molar-refractivity contribution in [3.05, 3.63) is 29.8 Å². The molecule has 0 heterocycles. The van der Waals surface area contributed by atoms with Gasteiger partial charge < -0.3 is 14.9 Å². The Labute approximate surface area is 101 Å². The van der Waals surface area contributed by atoms with Crippen molar-refractivity contribution in [1.29, 1.82) is 0 Å². The molecule has 4 nitrogen and oxygen atoms in total. The van der Waals surface area contributed by atoms with E-state index in [4.69, 9.17) is 9.84 Å². The summed E-state index contributed by atoms with van der Waals surface area (Å²) in [7, 11) is 0. The van der Waals surface area contributed by atoms with E-state index in [1.165, 1.54) is 0 Å². The second kappa shape index (κ2) is 6.91. The van der Waals surface area contributed by atoms with E-state index in [-0.39, 0.29) is 6.42 Å². The third-order valence-electron chi connectivity index (χ3n) is 2.44. The van der Waals surface area contributed by atoms with Crippen molar-refractivity contribution in [3.8, 4) is 5.75 Å². The molecule has 0 bridgehead atoms. The molecule has 0 amide bonds. The summed E-state index contributed by atoms with van der Waals surface area (Å²) in [6, 6.07) is 7.21. The summed E-state index contributed by atoms with van der Waals surface area (Å²) in [6.45, 7) is 2.52. The lowest BCUT2D eigenvalue weighted by Crippen LogP contribution is -2.00. The quantitative estimate of drug-likeness (QED) is 0.765. The predicted octanol–water partition coefficient (Wildman–Crippen LogP) is 2.37. The average molecular weight is 238 g/mol. The normalized spacial score (nSPS) is 12.1. The largest absolute Gasteiger partial charge is 0.494 e. The molecule has 1 rings (SSSR count). The molecule has 0 fully saturated rings. The van der Waals surface area contributed by atoms with Gasteiger partial charge >= 0.3 is 5.97 Å². The van der Waals surface area contributed by atoms with Crippen LogP contribution in [0.2, 0.25) is 0 Å². The minimum absolute atomic E-state index is 0.0914. The fourth-order valence-electron chi connectivity index (χ4n) is 1.57. The van der Waals surface area contributed by atoms with Crippen LogP contribution in [-0.4, -0.2) is 22.8 Å². The van der Waals surface area contributed by atoms with E-state index in [1.807, 2.05) is 6.92 Å². The molecule has 94 valence electrons. The minimum Gasteiger partial charge on any atom is -0.494 e. The first-order valence-electron chi connectivity index (χ1n) is 5.76. The Hall–Kier alpha value is -1.55. The molecule has 0 aliphatic carbocycles. The molecule has 1 unspecified atom stereocenters. The molecule has 0 radical (unpaired) electrons. The molecular weight excluding hydrogens is 220 g/mol. The number of benzene rings is 1. The first kappa shape index (κ1) is 13.5. The number of aliphatic hydroxyl groups is 1. The standard InChI is InChI=1S/C13H18O4/c1-2-17-11-8-6-10(7-9-11)12(14)4-3-5-13(15)16/h6-9,12,14H,2-5H2,1H3,(H,15,16). The summed E-state index contributed by atoms with van der Waals surface area (Å²) in [6.07, 6.45) is 0.419. The number of rotatable bonds is 7. The van der Waals surface area contributed by atoms with Crippen molar-refractivity contribution in [2.45, 2.75) is 32.3 Å². The number of aliphatic hydroxyl groups excluding tert-OH is 1. The van der Waals surface area contributed by atoms with E-state index < -0.39 is 12.1 Å². The SMILES string of the molecule is CCOc1ccc(C(O)CCCC(=O)O)cc1. The van der Waals surface area contributed by atoms with Crippen LogP contribution in [0.15, 0.2) is 24.3 Å². The zero-order chi connectivity index (χ0) is 12.7. The van der Waals surface area contributed by atoms with Crippen molar-refractivity contribution in [2.24, 2.45) is 0 Å². The van der Waals surface area contributed by atoms with Crippen molar-refractivity contribution in [3.63, 3.8) is 0 Å². The molecule has 0 saturated carbocycles. The third kappa shape index (κ3) is 4.87. The molecule has 0 saturated heterocycles. The van der Waals surface area contributed by atoms with Gasteiger partial charge in [-0.25, -0.2) is 0 Å². The van der Waals surface area contributed by atoms with E-state index >= 15 is 0 Å². The molecular formula is C13H18O4. The lowest BCUT2D eigenvalue weighted by Gasteiger charge is -2.11. The average Bonchev–Trinajstić information content (AvgIpc) is 2.30. The number of carbonyl (C=O) groups is 1. The molecule has 1 atom stereocenters. The highest BCUT2D eigenvalue weighted by Crippen LogP contribution is 2.21. The van der Waals surface area contributed by atoms with Crippen molar-refractivity contribution >= 4 is 5.97 Å². The molecule has 2 N–H and O–H groups in total. The van der Waals surface area contributed by atoms with Gasteiger partial charge in [-0.05, 0) is 37.5 Å². The first-order valence-corrected chi connectivity index (χ1v) is 5.76. The van der Waals surface area contributed by atoms with Crippen LogP contribution >= 0.6 is 0 Å². The highest BCUT2D eigenvalue weighted by molar-refractivity contribution is 5.66. The summed E-state index contributed by atoms with van der Waals surface area (Å²) in [5.74, 6) is -0.0575. The van der Waals surface area contributed by atoms with E-state index in [0.717, 1.165) is 11.3 Å². The summed E-state index contributed by atoms with van der Waals surface area (Å²) in [5.41, 5.74) is 0.791. The molecule has 0 aliphatic heterocycles. The maximum atomic E-state index is 10.3. The molecule has 0 spiro atoms. The highest BCUT2D eigenvalue weighted by Gasteiger charge is 2.08. The topological polar surface area (TPSA) is 66.8 Å². The van der Waals surface area contributed by atoms with Crippen LogP contribution in [-0.2, 0) is 4.79 Å². The van der Waals surface area contributed by atoms with Crippen LogP contribution in [0, 0.1) is 0 Å². The second-order valence-corrected chi connectivity index (χ2v) is 3.80. The van der Waals surface area contributed by atoms with Gasteiger partial charge in [0, 0.05) is 6.42 Å². The van der Waals surface area contributed by atoms with Gasteiger partial charge in [-0.15, -0.1) is 0 Å². The van der Waals surface area contributed by atoms with Crippen molar-refractivity contribution < 1.29 is 19.7 Å². The summed E-state index contributed by atoms with van der Waals surface area (Å²) in [5, 5.41) is 18.3. The number of hydrogen-bond donors (Lipinski definition) is 2. The highest BCUT2D eigenvalue weighted by atomic mass is 16.5. The van der Waals surface area contributed by atoms with Crippen LogP contribution in [0.5, 0.6) is 5.75 Å². The Bertz CT molecular complexity index is 345. The second-order valence-electron chi connectivity index (χ2n) is 3.80. The molecule has 0 aliphatic rings. The number of carboxylic acids is 1. The maximum Gasteiger partial charge on any atom is 0.303 e. The van der Waals surface area contributed by atoms with E-state index in [2.05, 4.69) is 0 Å². The lowest BCUT2D eigenvalue weighted by molar-refractivity contribution is -0.137. The molecule has 1 aromatic carbocycles. The fourth-order valence-corrected chi connectivity index (χ4v) is 1.57. The molecule has 1 aromatic rings. The van der Waals surface area contributed by atoms with Crippen LogP contribution in [0.1, 0.15) is 37.9 Å². The Morgan fingerprint density at radius 2 is 2.00 bits per heavy atom. The van der Waals surface area contributed by atoms with Crippen LogP contribution < -0.4 is 4.74 Å². The van der Waals surface area contributed by atoms with Gasteiger partial charge in [-0.3, -0.25) is 4.79 Å². The van der Waals surface area contributed by atoms with Gasteiger partial charge in [0.1, 0.15) is 5.75 Å². The molecule has 17 heavy (non-hydrogen) atoms. The monoisotopic (exact) mass is 238 g/mol. The summed E-state index contributed by atoms with van der Waals surface area (Å²) in [4.78, 5) is 10.3. The molecule has 0 aromatic heterocycles. The van der Waals surface area contributed by atoms with Crippen molar-refractivity contribution in [2.75, 3.05) is 6.61 Å². The Morgan fingerprint density at radius 3 is 2.53 bits per heavy atom. The predicted molar refractivity (Wildman–Crippen MR) is 64.1 cm³/mol.